The Hall–Kier alpha value is -2.54. The largest absolute Gasteiger partial charge is 0.350 e. The molecule has 1 amide bonds. The van der Waals surface area contributed by atoms with E-state index >= 15 is 0 Å². The van der Waals surface area contributed by atoms with Crippen molar-refractivity contribution in [2.75, 3.05) is 5.32 Å². The van der Waals surface area contributed by atoms with E-state index in [1.165, 1.54) is 30.6 Å². The maximum absolute atomic E-state index is 12.8. The second-order valence-corrected chi connectivity index (χ2v) is 7.47. The Morgan fingerprint density at radius 2 is 2.12 bits per heavy atom. The van der Waals surface area contributed by atoms with Crippen molar-refractivity contribution in [3.63, 3.8) is 0 Å². The predicted octanol–water partition coefficient (Wildman–Crippen LogP) is 4.25. The van der Waals surface area contributed by atoms with E-state index < -0.39 is 0 Å². The van der Waals surface area contributed by atoms with Gasteiger partial charge in [0.25, 0.3) is 5.91 Å². The molecular formula is C19H25N5OS. The highest BCUT2D eigenvalue weighted by Crippen LogP contribution is 2.25. The highest BCUT2D eigenvalue weighted by Gasteiger charge is 2.21. The number of carbonyl (C=O) groups is 1. The molecule has 0 saturated heterocycles. The van der Waals surface area contributed by atoms with Crippen LogP contribution in [0.2, 0.25) is 0 Å². The molecule has 0 atom stereocenters. The zero-order valence-corrected chi connectivity index (χ0v) is 15.3. The van der Waals surface area contributed by atoms with Crippen LogP contribution in [0.25, 0.3) is 10.2 Å². The molecule has 0 spiro atoms. The van der Waals surface area contributed by atoms with Crippen LogP contribution in [0.4, 0.5) is 5.95 Å². The van der Waals surface area contributed by atoms with E-state index in [4.69, 9.17) is 0 Å². The molecule has 0 radical (unpaired) electrons. The molecule has 1 aliphatic carbocycles. The van der Waals surface area contributed by atoms with Gasteiger partial charge in [-0.25, -0.2) is 9.97 Å². The molecule has 4 rings (SSSR count). The van der Waals surface area contributed by atoms with Gasteiger partial charge >= 0.3 is 0 Å². The van der Waals surface area contributed by atoms with Crippen LogP contribution in [0.15, 0.2) is 36.0 Å². The number of pyridine rings is 1. The van der Waals surface area contributed by atoms with E-state index in [1.54, 1.807) is 12.4 Å². The molecule has 3 aromatic heterocycles. The summed E-state index contributed by atoms with van der Waals surface area (Å²) in [7, 11) is 0. The van der Waals surface area contributed by atoms with Crippen molar-refractivity contribution in [1.82, 2.24) is 20.3 Å². The lowest BCUT2D eigenvalue weighted by Crippen LogP contribution is -2.36. The summed E-state index contributed by atoms with van der Waals surface area (Å²) < 4.78 is 0.838. The summed E-state index contributed by atoms with van der Waals surface area (Å²) in [4.78, 5) is 26.0. The van der Waals surface area contributed by atoms with Gasteiger partial charge in [0, 0.05) is 27.8 Å². The number of thiophene rings is 1. The standard InChI is InChI=1S/C19H21N5OS.2H2/c25-18(22-14-6-2-1-3-7-14)16-17-15(8-10-26-17)23-19(24-16)21-12-13-5-4-9-20-11-13;;/h4-5,8-11,14H,1-3,6-7,12H2,(H,22,25)(H,21,23,24);2*1H. The molecule has 1 saturated carbocycles. The van der Waals surface area contributed by atoms with Gasteiger partial charge in [-0.2, -0.15) is 0 Å². The van der Waals surface area contributed by atoms with Gasteiger partial charge in [-0.05, 0) is 35.9 Å². The van der Waals surface area contributed by atoms with Crippen LogP contribution in [0, 0.1) is 0 Å². The number of amides is 1. The summed E-state index contributed by atoms with van der Waals surface area (Å²) >= 11 is 1.50. The van der Waals surface area contributed by atoms with E-state index in [2.05, 4.69) is 25.6 Å². The summed E-state index contributed by atoms with van der Waals surface area (Å²) in [6, 6.07) is 6.06. The number of anilines is 1. The molecular weight excluding hydrogens is 346 g/mol. The maximum atomic E-state index is 12.8. The van der Waals surface area contributed by atoms with Gasteiger partial charge in [0.2, 0.25) is 5.95 Å². The van der Waals surface area contributed by atoms with Gasteiger partial charge in [0.15, 0.2) is 5.69 Å². The molecule has 7 heteroatoms. The fraction of sp³-hybridized carbons (Fsp3) is 0.368. The van der Waals surface area contributed by atoms with Crippen molar-refractivity contribution in [3.05, 3.63) is 47.2 Å². The molecule has 138 valence electrons. The van der Waals surface area contributed by atoms with Crippen molar-refractivity contribution in [2.24, 2.45) is 0 Å². The lowest BCUT2D eigenvalue weighted by atomic mass is 9.95. The van der Waals surface area contributed by atoms with Crippen molar-refractivity contribution >= 4 is 33.4 Å². The number of nitrogens with zero attached hydrogens (tertiary/aromatic N) is 3. The van der Waals surface area contributed by atoms with Crippen molar-refractivity contribution in [1.29, 1.82) is 0 Å². The van der Waals surface area contributed by atoms with E-state index in [0.29, 0.717) is 18.2 Å². The average molecular weight is 372 g/mol. The summed E-state index contributed by atoms with van der Waals surface area (Å²) in [5, 5.41) is 8.31. The summed E-state index contributed by atoms with van der Waals surface area (Å²) in [5.41, 5.74) is 2.30. The van der Waals surface area contributed by atoms with Crippen LogP contribution >= 0.6 is 11.3 Å². The van der Waals surface area contributed by atoms with Crippen LogP contribution in [0.1, 0.15) is 51.0 Å². The Balaban J connectivity index is 0.00000140. The quantitative estimate of drug-likeness (QED) is 0.701. The predicted molar refractivity (Wildman–Crippen MR) is 108 cm³/mol. The fourth-order valence-electron chi connectivity index (χ4n) is 3.28. The summed E-state index contributed by atoms with van der Waals surface area (Å²) in [6.45, 7) is 0.563. The number of nitrogens with one attached hydrogen (secondary N) is 2. The highest BCUT2D eigenvalue weighted by atomic mass is 32.1. The van der Waals surface area contributed by atoms with Crippen molar-refractivity contribution < 1.29 is 7.65 Å². The molecule has 1 aliphatic rings. The van der Waals surface area contributed by atoms with Crippen molar-refractivity contribution in [2.45, 2.75) is 44.7 Å². The first-order chi connectivity index (χ1) is 12.8. The number of hydrogen-bond acceptors (Lipinski definition) is 6. The third-order valence-corrected chi connectivity index (χ3v) is 5.54. The van der Waals surface area contributed by atoms with E-state index in [9.17, 15) is 4.79 Å². The fourth-order valence-corrected chi connectivity index (χ4v) is 4.10. The Labute approximate surface area is 159 Å². The van der Waals surface area contributed by atoms with Gasteiger partial charge in [-0.3, -0.25) is 9.78 Å². The zero-order valence-electron chi connectivity index (χ0n) is 14.4. The Kier molecular flexibility index (Phi) is 5.06. The monoisotopic (exact) mass is 371 g/mol. The SMILES string of the molecule is O=C(NC1CCCCC1)c1nc(NCc2cccnc2)nc2ccsc12.[HH].[HH]. The number of fused-ring (bicyclic) bond motifs is 1. The first-order valence-corrected chi connectivity index (χ1v) is 9.86. The van der Waals surface area contributed by atoms with Crippen LogP contribution in [-0.2, 0) is 6.54 Å². The minimum atomic E-state index is -0.101. The minimum Gasteiger partial charge on any atom is -0.350 e. The van der Waals surface area contributed by atoms with Gasteiger partial charge in [0.05, 0.1) is 10.2 Å². The van der Waals surface area contributed by atoms with Gasteiger partial charge in [-0.15, -0.1) is 11.3 Å². The normalized spacial score (nSPS) is 15.1. The molecule has 6 nitrogen and oxygen atoms in total. The first kappa shape index (κ1) is 16.9. The van der Waals surface area contributed by atoms with E-state index in [0.717, 1.165) is 28.6 Å². The first-order valence-electron chi connectivity index (χ1n) is 8.98. The number of aromatic nitrogens is 3. The van der Waals surface area contributed by atoms with Gasteiger partial charge in [-0.1, -0.05) is 25.3 Å². The third-order valence-electron chi connectivity index (χ3n) is 4.63. The third kappa shape index (κ3) is 3.83. The van der Waals surface area contributed by atoms with Crippen LogP contribution < -0.4 is 10.6 Å². The molecule has 0 aromatic carbocycles. The maximum Gasteiger partial charge on any atom is 0.271 e. The number of carbonyl (C=O) groups excluding carboxylic acids is 1. The number of rotatable bonds is 5. The summed E-state index contributed by atoms with van der Waals surface area (Å²) in [5.74, 6) is 0.365. The van der Waals surface area contributed by atoms with Crippen LogP contribution in [-0.4, -0.2) is 26.9 Å². The second kappa shape index (κ2) is 7.78. The zero-order chi connectivity index (χ0) is 17.8. The smallest absolute Gasteiger partial charge is 0.271 e. The Morgan fingerprint density at radius 1 is 1.23 bits per heavy atom. The molecule has 0 aliphatic heterocycles. The lowest BCUT2D eigenvalue weighted by Gasteiger charge is -2.22. The molecule has 3 aromatic rings. The highest BCUT2D eigenvalue weighted by molar-refractivity contribution is 7.17. The lowest BCUT2D eigenvalue weighted by molar-refractivity contribution is 0.0924. The summed E-state index contributed by atoms with van der Waals surface area (Å²) in [6.07, 6.45) is 9.27. The molecule has 3 heterocycles. The minimum absolute atomic E-state index is 0. The Bertz CT molecular complexity index is 900. The average Bonchev–Trinajstić information content (AvgIpc) is 3.16. The molecule has 26 heavy (non-hydrogen) atoms. The number of hydrogen-bond donors (Lipinski definition) is 2. The van der Waals surface area contributed by atoms with E-state index in [-0.39, 0.29) is 14.8 Å². The van der Waals surface area contributed by atoms with Crippen LogP contribution in [0.3, 0.4) is 0 Å². The Morgan fingerprint density at radius 3 is 2.92 bits per heavy atom. The molecule has 2 N–H and O–H groups in total. The van der Waals surface area contributed by atoms with Gasteiger partial charge < -0.3 is 10.6 Å². The molecule has 1 fully saturated rings. The topological polar surface area (TPSA) is 79.8 Å². The van der Waals surface area contributed by atoms with E-state index in [1.807, 2.05) is 23.6 Å². The van der Waals surface area contributed by atoms with Crippen molar-refractivity contribution in [3.8, 4) is 0 Å². The van der Waals surface area contributed by atoms with Gasteiger partial charge in [0.1, 0.15) is 0 Å². The molecule has 0 unspecified atom stereocenters. The second-order valence-electron chi connectivity index (χ2n) is 6.55. The van der Waals surface area contributed by atoms with Crippen LogP contribution in [0.5, 0.6) is 0 Å². The molecule has 0 bridgehead atoms.